The fourth-order valence-corrected chi connectivity index (χ4v) is 3.40. The van der Waals surface area contributed by atoms with E-state index in [-0.39, 0.29) is 24.7 Å². The standard InChI is InChI=1S/C20H24N4O4S/c25-17(21-12-6-2-5-11-18(26)27)14-16-19(28)23-20(29-16)24-22-13-7-10-15-8-3-1-4-9-15/h1,3-4,7-10,13,16H,2,5-6,11-12,14H2,(H,21,25)(H,26,27)(H,23,24,28)/b10-7+,22-13-/t16-/m1/s1. The zero-order chi connectivity index (χ0) is 20.9. The molecule has 1 aliphatic heterocycles. The predicted octanol–water partition coefficient (Wildman–Crippen LogP) is 2.42. The van der Waals surface area contributed by atoms with Gasteiger partial charge in [0.05, 0.1) is 0 Å². The van der Waals surface area contributed by atoms with Crippen molar-refractivity contribution in [1.82, 2.24) is 10.6 Å². The summed E-state index contributed by atoms with van der Waals surface area (Å²) in [5.41, 5.74) is 1.04. The average Bonchev–Trinajstić information content (AvgIpc) is 3.04. The summed E-state index contributed by atoms with van der Waals surface area (Å²) in [4.78, 5) is 34.3. The predicted molar refractivity (Wildman–Crippen MR) is 115 cm³/mol. The van der Waals surface area contributed by atoms with Gasteiger partial charge < -0.3 is 15.7 Å². The minimum atomic E-state index is -0.813. The third kappa shape index (κ3) is 9.20. The quantitative estimate of drug-likeness (QED) is 0.291. The van der Waals surface area contributed by atoms with Gasteiger partial charge in [0.1, 0.15) is 5.25 Å². The molecule has 1 saturated heterocycles. The van der Waals surface area contributed by atoms with E-state index >= 15 is 0 Å². The number of nitrogens with one attached hydrogen (secondary N) is 2. The first-order valence-electron chi connectivity index (χ1n) is 9.33. The number of carboxylic acids is 1. The number of hydrogen-bond acceptors (Lipinski definition) is 6. The molecule has 0 aromatic heterocycles. The molecule has 1 fully saturated rings. The zero-order valence-corrected chi connectivity index (χ0v) is 16.7. The van der Waals surface area contributed by atoms with Crippen LogP contribution in [0.15, 0.2) is 46.6 Å². The second-order valence-electron chi connectivity index (χ2n) is 6.29. The molecular weight excluding hydrogens is 392 g/mol. The van der Waals surface area contributed by atoms with Gasteiger partial charge in [0, 0.05) is 25.6 Å². The molecule has 0 spiro atoms. The second kappa shape index (κ2) is 12.5. The van der Waals surface area contributed by atoms with Crippen LogP contribution in [0.3, 0.4) is 0 Å². The van der Waals surface area contributed by atoms with Crippen LogP contribution in [-0.2, 0) is 14.4 Å². The number of unbranched alkanes of at least 4 members (excludes halogenated alkanes) is 2. The van der Waals surface area contributed by atoms with Crippen molar-refractivity contribution in [3.05, 3.63) is 42.0 Å². The fraction of sp³-hybridized carbons (Fsp3) is 0.350. The lowest BCUT2D eigenvalue weighted by Crippen LogP contribution is -2.31. The highest BCUT2D eigenvalue weighted by molar-refractivity contribution is 8.15. The highest BCUT2D eigenvalue weighted by Gasteiger charge is 2.32. The highest BCUT2D eigenvalue weighted by atomic mass is 32.2. The van der Waals surface area contributed by atoms with Crippen LogP contribution in [0.1, 0.15) is 37.7 Å². The molecule has 1 aliphatic rings. The van der Waals surface area contributed by atoms with E-state index < -0.39 is 11.2 Å². The molecule has 1 aromatic carbocycles. The van der Waals surface area contributed by atoms with Crippen molar-refractivity contribution in [2.75, 3.05) is 6.54 Å². The van der Waals surface area contributed by atoms with Crippen LogP contribution >= 0.6 is 11.8 Å². The van der Waals surface area contributed by atoms with Gasteiger partial charge in [-0.15, -0.1) is 5.10 Å². The van der Waals surface area contributed by atoms with E-state index in [1.807, 2.05) is 36.4 Å². The molecule has 154 valence electrons. The van der Waals surface area contributed by atoms with Gasteiger partial charge in [0.15, 0.2) is 5.17 Å². The lowest BCUT2D eigenvalue weighted by Gasteiger charge is -2.07. The summed E-state index contributed by atoms with van der Waals surface area (Å²) in [6.45, 7) is 0.469. The average molecular weight is 417 g/mol. The molecule has 9 heteroatoms. The largest absolute Gasteiger partial charge is 0.481 e. The maximum Gasteiger partial charge on any atom is 0.303 e. The molecule has 0 bridgehead atoms. The fourth-order valence-electron chi connectivity index (χ4n) is 2.48. The molecule has 1 heterocycles. The van der Waals surface area contributed by atoms with Crippen LogP contribution in [-0.4, -0.2) is 46.1 Å². The molecule has 2 rings (SSSR count). The molecule has 0 saturated carbocycles. The normalized spacial score (nSPS) is 17.9. The van der Waals surface area contributed by atoms with Crippen LogP contribution in [0, 0.1) is 0 Å². The summed E-state index contributed by atoms with van der Waals surface area (Å²) in [5.74, 6) is -1.29. The van der Waals surface area contributed by atoms with E-state index in [0.717, 1.165) is 12.0 Å². The first kappa shape index (κ1) is 22.4. The number of allylic oxidation sites excluding steroid dienone is 1. The van der Waals surface area contributed by atoms with Crippen molar-refractivity contribution in [3.8, 4) is 0 Å². The number of carboxylic acid groups (broad SMARTS) is 1. The third-order valence-corrected chi connectivity index (χ3v) is 5.00. The van der Waals surface area contributed by atoms with Crippen LogP contribution in [0.4, 0.5) is 0 Å². The molecule has 1 atom stereocenters. The van der Waals surface area contributed by atoms with Gasteiger partial charge in [-0.25, -0.2) is 0 Å². The van der Waals surface area contributed by atoms with Crippen molar-refractivity contribution < 1.29 is 19.5 Å². The molecule has 3 N–H and O–H groups in total. The van der Waals surface area contributed by atoms with E-state index in [1.54, 1.807) is 6.08 Å². The number of hydrogen-bond donors (Lipinski definition) is 3. The van der Waals surface area contributed by atoms with Crippen LogP contribution in [0.2, 0.25) is 0 Å². The Kier molecular flexibility index (Phi) is 9.64. The topological polar surface area (TPSA) is 120 Å². The molecule has 2 amide bonds. The first-order chi connectivity index (χ1) is 14.0. The van der Waals surface area contributed by atoms with Gasteiger partial charge in [-0.3, -0.25) is 14.4 Å². The number of amidine groups is 1. The highest BCUT2D eigenvalue weighted by Crippen LogP contribution is 2.22. The van der Waals surface area contributed by atoms with Crippen LogP contribution in [0.5, 0.6) is 0 Å². The number of carbonyl (C=O) groups is 3. The number of aliphatic carboxylic acids is 1. The van der Waals surface area contributed by atoms with Gasteiger partial charge in [0.25, 0.3) is 0 Å². The molecule has 8 nitrogen and oxygen atoms in total. The monoisotopic (exact) mass is 416 g/mol. The number of benzene rings is 1. The van der Waals surface area contributed by atoms with E-state index in [2.05, 4.69) is 20.8 Å². The van der Waals surface area contributed by atoms with E-state index in [0.29, 0.717) is 24.6 Å². The number of rotatable bonds is 11. The Morgan fingerprint density at radius 1 is 1.21 bits per heavy atom. The summed E-state index contributed by atoms with van der Waals surface area (Å²) >= 11 is 1.18. The van der Waals surface area contributed by atoms with Gasteiger partial charge in [-0.1, -0.05) is 54.6 Å². The Bertz CT molecular complexity index is 793. The van der Waals surface area contributed by atoms with Crippen molar-refractivity contribution >= 4 is 47.0 Å². The minimum absolute atomic E-state index is 0.0578. The minimum Gasteiger partial charge on any atom is -0.481 e. The number of thioether (sulfide) groups is 1. The first-order valence-corrected chi connectivity index (χ1v) is 10.2. The van der Waals surface area contributed by atoms with Crippen LogP contribution < -0.4 is 10.6 Å². The molecule has 29 heavy (non-hydrogen) atoms. The third-order valence-electron chi connectivity index (χ3n) is 3.93. The maximum absolute atomic E-state index is 12.0. The van der Waals surface area contributed by atoms with Crippen molar-refractivity contribution in [2.45, 2.75) is 37.4 Å². The summed E-state index contributed by atoms with van der Waals surface area (Å²) < 4.78 is 0. The number of amides is 2. The van der Waals surface area contributed by atoms with Crippen LogP contribution in [0.25, 0.3) is 6.08 Å². The Morgan fingerprint density at radius 3 is 2.76 bits per heavy atom. The Morgan fingerprint density at radius 2 is 2.00 bits per heavy atom. The smallest absolute Gasteiger partial charge is 0.303 e. The second-order valence-corrected chi connectivity index (χ2v) is 7.49. The van der Waals surface area contributed by atoms with E-state index in [9.17, 15) is 14.4 Å². The molecule has 0 radical (unpaired) electrons. The van der Waals surface area contributed by atoms with E-state index in [4.69, 9.17) is 5.11 Å². The lowest BCUT2D eigenvalue weighted by atomic mass is 10.2. The molecule has 1 aromatic rings. The molecular formula is C20H24N4O4S. The maximum atomic E-state index is 12.0. The van der Waals surface area contributed by atoms with Crippen molar-refractivity contribution in [3.63, 3.8) is 0 Å². The van der Waals surface area contributed by atoms with E-state index in [1.165, 1.54) is 18.0 Å². The number of carbonyl (C=O) groups excluding carboxylic acids is 2. The lowest BCUT2D eigenvalue weighted by molar-refractivity contribution is -0.137. The van der Waals surface area contributed by atoms with Gasteiger partial charge >= 0.3 is 5.97 Å². The van der Waals surface area contributed by atoms with Gasteiger partial charge in [-0.2, -0.15) is 5.10 Å². The SMILES string of the molecule is O=C(O)CCCCCNC(=O)C[C@H]1S\C(=N/N=C\C=C\c2ccccc2)NC1=O. The summed E-state index contributed by atoms with van der Waals surface area (Å²) in [6, 6.07) is 9.76. The Hall–Kier alpha value is -2.94. The van der Waals surface area contributed by atoms with Gasteiger partial charge in [0.2, 0.25) is 11.8 Å². The summed E-state index contributed by atoms with van der Waals surface area (Å²) in [5, 5.41) is 21.6. The van der Waals surface area contributed by atoms with Crippen molar-refractivity contribution in [2.24, 2.45) is 10.2 Å². The zero-order valence-electron chi connectivity index (χ0n) is 15.9. The summed E-state index contributed by atoms with van der Waals surface area (Å²) in [6.07, 6.45) is 7.40. The Labute approximate surface area is 173 Å². The van der Waals surface area contributed by atoms with Crippen molar-refractivity contribution in [1.29, 1.82) is 0 Å². The number of nitrogens with zero attached hydrogens (tertiary/aromatic N) is 2. The Balaban J connectivity index is 1.67. The molecule has 0 aliphatic carbocycles. The summed E-state index contributed by atoms with van der Waals surface area (Å²) in [7, 11) is 0. The van der Waals surface area contributed by atoms with Gasteiger partial charge in [-0.05, 0) is 24.5 Å². The molecule has 0 unspecified atom stereocenters.